The number of methoxy groups -OCH3 is 1. The molecule has 0 aliphatic heterocycles. The molecule has 0 radical (unpaired) electrons. The van der Waals surface area contributed by atoms with E-state index in [0.717, 1.165) is 44.3 Å². The molecule has 1 aromatic rings. The van der Waals surface area contributed by atoms with E-state index >= 15 is 0 Å². The summed E-state index contributed by atoms with van der Waals surface area (Å²) in [7, 11) is 1.38. The van der Waals surface area contributed by atoms with Gasteiger partial charge >= 0.3 is 6.09 Å². The van der Waals surface area contributed by atoms with E-state index in [0.29, 0.717) is 6.04 Å². The Labute approximate surface area is 151 Å². The summed E-state index contributed by atoms with van der Waals surface area (Å²) in [4.78, 5) is 13.8. The van der Waals surface area contributed by atoms with Crippen LogP contribution in [0.4, 0.5) is 4.79 Å². The molecule has 2 rings (SSSR count). The molecule has 1 unspecified atom stereocenters. The number of carbonyl (C=O) groups excluding carboxylic acids is 1. The number of hydrogen-bond acceptors (Lipinski definition) is 4. The van der Waals surface area contributed by atoms with Gasteiger partial charge in [0.2, 0.25) is 0 Å². The first kappa shape index (κ1) is 19.3. The van der Waals surface area contributed by atoms with Crippen molar-refractivity contribution in [3.8, 4) is 6.07 Å². The Morgan fingerprint density at radius 3 is 2.56 bits per heavy atom. The minimum Gasteiger partial charge on any atom is -0.453 e. The van der Waals surface area contributed by atoms with Crippen molar-refractivity contribution < 1.29 is 9.53 Å². The maximum atomic E-state index is 11.4. The normalized spacial score (nSPS) is 24.4. The highest BCUT2D eigenvalue weighted by molar-refractivity contribution is 5.67. The van der Waals surface area contributed by atoms with E-state index in [9.17, 15) is 10.1 Å². The summed E-state index contributed by atoms with van der Waals surface area (Å²) in [6.45, 7) is 5.87. The first-order chi connectivity index (χ1) is 12.0. The molecule has 5 heteroatoms. The van der Waals surface area contributed by atoms with Crippen molar-refractivity contribution in [2.75, 3.05) is 20.2 Å². The number of ether oxygens (including phenoxy) is 1. The number of nitriles is 1. The van der Waals surface area contributed by atoms with Crippen LogP contribution in [0, 0.1) is 11.3 Å². The van der Waals surface area contributed by atoms with Crippen molar-refractivity contribution >= 4 is 6.09 Å². The van der Waals surface area contributed by atoms with Crippen LogP contribution in [-0.2, 0) is 10.2 Å². The Hall–Kier alpha value is -2.06. The van der Waals surface area contributed by atoms with E-state index in [1.54, 1.807) is 0 Å². The molecule has 0 spiro atoms. The first-order valence-corrected chi connectivity index (χ1v) is 9.10. The largest absolute Gasteiger partial charge is 0.453 e. The second-order valence-corrected chi connectivity index (χ2v) is 6.92. The summed E-state index contributed by atoms with van der Waals surface area (Å²) in [6.07, 6.45) is 3.38. The van der Waals surface area contributed by atoms with Crippen molar-refractivity contribution in [2.45, 2.75) is 57.0 Å². The number of carbonyl (C=O) groups is 1. The van der Waals surface area contributed by atoms with Gasteiger partial charge in [0.15, 0.2) is 0 Å². The van der Waals surface area contributed by atoms with Crippen molar-refractivity contribution in [3.63, 3.8) is 0 Å². The van der Waals surface area contributed by atoms with Crippen LogP contribution in [0.5, 0.6) is 0 Å². The number of nitrogens with one attached hydrogen (secondary N) is 1. The smallest absolute Gasteiger partial charge is 0.407 e. The highest BCUT2D eigenvalue weighted by Gasteiger charge is 2.38. The zero-order chi connectivity index (χ0) is 18.3. The van der Waals surface area contributed by atoms with Gasteiger partial charge in [-0.25, -0.2) is 4.79 Å². The van der Waals surface area contributed by atoms with E-state index in [1.165, 1.54) is 7.11 Å². The molecule has 25 heavy (non-hydrogen) atoms. The number of hydrogen-bond donors (Lipinski definition) is 1. The van der Waals surface area contributed by atoms with Crippen LogP contribution in [0.1, 0.15) is 45.1 Å². The molecular weight excluding hydrogens is 314 g/mol. The third kappa shape index (κ3) is 4.73. The zero-order valence-corrected chi connectivity index (χ0v) is 15.5. The predicted octanol–water partition coefficient (Wildman–Crippen LogP) is 3.46. The summed E-state index contributed by atoms with van der Waals surface area (Å²) in [5.41, 5.74) is 0.785. The van der Waals surface area contributed by atoms with Gasteiger partial charge in [-0.2, -0.15) is 5.26 Å². The second-order valence-electron chi connectivity index (χ2n) is 6.92. The Balaban J connectivity index is 1.97. The molecule has 1 saturated carbocycles. The van der Waals surface area contributed by atoms with Gasteiger partial charge < -0.3 is 10.1 Å². The average Bonchev–Trinajstić information content (AvgIpc) is 2.66. The maximum absolute atomic E-state index is 11.4. The van der Waals surface area contributed by atoms with Gasteiger partial charge in [-0.15, -0.1) is 0 Å². The van der Waals surface area contributed by atoms with Crippen LogP contribution in [0.3, 0.4) is 0 Å². The lowest BCUT2D eigenvalue weighted by atomic mass is 9.69. The van der Waals surface area contributed by atoms with E-state index in [1.807, 2.05) is 25.1 Å². The van der Waals surface area contributed by atoms with Crippen LogP contribution in [-0.4, -0.2) is 43.3 Å². The Morgan fingerprint density at radius 1 is 1.40 bits per heavy atom. The van der Waals surface area contributed by atoms with Gasteiger partial charge in [0.05, 0.1) is 18.6 Å². The van der Waals surface area contributed by atoms with E-state index < -0.39 is 0 Å². The number of nitrogens with zero attached hydrogens (tertiary/aromatic N) is 2. The summed E-state index contributed by atoms with van der Waals surface area (Å²) < 4.78 is 4.67. The Bertz CT molecular complexity index is 589. The maximum Gasteiger partial charge on any atom is 0.407 e. The van der Waals surface area contributed by atoms with Crippen LogP contribution in [0.25, 0.3) is 0 Å². The van der Waals surface area contributed by atoms with Crippen LogP contribution in [0.2, 0.25) is 0 Å². The van der Waals surface area contributed by atoms with Gasteiger partial charge in [0, 0.05) is 18.6 Å². The molecule has 5 nitrogen and oxygen atoms in total. The molecular formula is C20H29N3O2. The van der Waals surface area contributed by atoms with E-state index in [2.05, 4.69) is 40.1 Å². The molecule has 1 aromatic carbocycles. The number of benzene rings is 1. The topological polar surface area (TPSA) is 65.4 Å². The quantitative estimate of drug-likeness (QED) is 0.859. The molecule has 1 atom stereocenters. The van der Waals surface area contributed by atoms with Crippen molar-refractivity contribution in [1.29, 1.82) is 5.26 Å². The third-order valence-electron chi connectivity index (χ3n) is 5.33. The third-order valence-corrected chi connectivity index (χ3v) is 5.33. The number of rotatable bonds is 6. The molecule has 0 aromatic heterocycles. The molecule has 0 heterocycles. The van der Waals surface area contributed by atoms with Gasteiger partial charge in [0.1, 0.15) is 0 Å². The van der Waals surface area contributed by atoms with Gasteiger partial charge in [-0.05, 0) is 44.7 Å². The Kier molecular flexibility index (Phi) is 6.83. The van der Waals surface area contributed by atoms with Gasteiger partial charge in [-0.3, -0.25) is 4.90 Å². The SMILES string of the molecule is CCN(CC(C)NC(=O)OC)C1CCC(C#N)(c2ccccc2)CC1. The number of alkyl carbamates (subject to hydrolysis) is 1. The Morgan fingerprint density at radius 2 is 2.04 bits per heavy atom. The van der Waals surface area contributed by atoms with E-state index in [-0.39, 0.29) is 17.6 Å². The average molecular weight is 343 g/mol. The van der Waals surface area contributed by atoms with Crippen molar-refractivity contribution in [1.82, 2.24) is 10.2 Å². The van der Waals surface area contributed by atoms with Crippen molar-refractivity contribution in [2.24, 2.45) is 0 Å². The highest BCUT2D eigenvalue weighted by Crippen LogP contribution is 2.40. The fourth-order valence-electron chi connectivity index (χ4n) is 3.88. The zero-order valence-electron chi connectivity index (χ0n) is 15.5. The van der Waals surface area contributed by atoms with Crippen LogP contribution >= 0.6 is 0 Å². The molecule has 0 bridgehead atoms. The second kappa shape index (κ2) is 8.87. The predicted molar refractivity (Wildman–Crippen MR) is 98.2 cm³/mol. The summed E-state index contributed by atoms with van der Waals surface area (Å²) in [6, 6.07) is 13.2. The lowest BCUT2D eigenvalue weighted by Crippen LogP contribution is -2.48. The minimum atomic E-state index is -0.389. The van der Waals surface area contributed by atoms with Crippen LogP contribution in [0.15, 0.2) is 30.3 Å². The number of likely N-dealkylation sites (N-methyl/N-ethyl adjacent to an activating group) is 1. The standard InChI is InChI=1S/C20H29N3O2/c1-4-23(14-16(2)22-19(24)25-3)18-10-12-20(15-21,13-11-18)17-8-6-5-7-9-17/h5-9,16,18H,4,10-14H2,1-3H3,(H,22,24). The fourth-order valence-corrected chi connectivity index (χ4v) is 3.88. The molecule has 136 valence electrons. The van der Waals surface area contributed by atoms with Gasteiger partial charge in [0.25, 0.3) is 0 Å². The number of amides is 1. The summed E-state index contributed by atoms with van der Waals surface area (Å²) in [5, 5.41) is 12.7. The highest BCUT2D eigenvalue weighted by atomic mass is 16.5. The monoisotopic (exact) mass is 343 g/mol. The van der Waals surface area contributed by atoms with Crippen LogP contribution < -0.4 is 5.32 Å². The molecule has 1 aliphatic carbocycles. The lowest BCUT2D eigenvalue weighted by Gasteiger charge is -2.41. The fraction of sp³-hybridized carbons (Fsp3) is 0.600. The minimum absolute atomic E-state index is 0.0316. The molecule has 1 aliphatic rings. The van der Waals surface area contributed by atoms with Gasteiger partial charge in [-0.1, -0.05) is 37.3 Å². The summed E-state index contributed by atoms with van der Waals surface area (Å²) >= 11 is 0. The first-order valence-electron chi connectivity index (χ1n) is 9.10. The molecule has 1 N–H and O–H groups in total. The van der Waals surface area contributed by atoms with Crippen molar-refractivity contribution in [3.05, 3.63) is 35.9 Å². The molecule has 1 amide bonds. The van der Waals surface area contributed by atoms with E-state index in [4.69, 9.17) is 0 Å². The summed E-state index contributed by atoms with van der Waals surface area (Å²) in [5.74, 6) is 0. The molecule has 1 fully saturated rings. The lowest BCUT2D eigenvalue weighted by molar-refractivity contribution is 0.126. The molecule has 0 saturated heterocycles.